The van der Waals surface area contributed by atoms with Crippen LogP contribution in [0.25, 0.3) is 0 Å². The van der Waals surface area contributed by atoms with Crippen LogP contribution in [0.1, 0.15) is 6.92 Å². The number of ether oxygens (including phenoxy) is 1. The predicted molar refractivity (Wildman–Crippen MR) is 73.4 cm³/mol. The molecular formula is C14H13N3O4. The summed E-state index contributed by atoms with van der Waals surface area (Å²) in [6, 6.07) is 8.57. The molecule has 0 bridgehead atoms. The Morgan fingerprint density at radius 3 is 2.62 bits per heavy atom. The van der Waals surface area contributed by atoms with E-state index in [9.17, 15) is 14.4 Å². The Balaban J connectivity index is 2.04. The van der Waals surface area contributed by atoms with Gasteiger partial charge in [-0.15, -0.1) is 0 Å². The van der Waals surface area contributed by atoms with Gasteiger partial charge in [-0.2, -0.15) is 5.10 Å². The number of hydrogen-bond acceptors (Lipinski definition) is 6. The third kappa shape index (κ3) is 1.67. The lowest BCUT2D eigenvalue weighted by molar-refractivity contribution is -0.133. The lowest BCUT2D eigenvalue weighted by Gasteiger charge is -2.20. The van der Waals surface area contributed by atoms with Gasteiger partial charge in [0, 0.05) is 0 Å². The lowest BCUT2D eigenvalue weighted by Crippen LogP contribution is -2.48. The highest BCUT2D eigenvalue weighted by atomic mass is 16.5. The van der Waals surface area contributed by atoms with Crippen LogP contribution in [-0.2, 0) is 19.1 Å². The van der Waals surface area contributed by atoms with Gasteiger partial charge >= 0.3 is 5.97 Å². The molecule has 2 heterocycles. The molecular weight excluding hydrogens is 274 g/mol. The molecule has 1 fully saturated rings. The van der Waals surface area contributed by atoms with Crippen molar-refractivity contribution < 1.29 is 19.1 Å². The molecule has 1 aromatic carbocycles. The molecule has 0 unspecified atom stereocenters. The van der Waals surface area contributed by atoms with Gasteiger partial charge < -0.3 is 4.74 Å². The highest BCUT2D eigenvalue weighted by Crippen LogP contribution is 2.37. The van der Waals surface area contributed by atoms with Crippen LogP contribution in [0.15, 0.2) is 35.4 Å². The number of hydrogen-bond donors (Lipinski definition) is 1. The van der Waals surface area contributed by atoms with Crippen LogP contribution in [0.4, 0.5) is 5.69 Å². The van der Waals surface area contributed by atoms with E-state index in [1.165, 1.54) is 7.11 Å². The Kier molecular flexibility index (Phi) is 2.79. The van der Waals surface area contributed by atoms with Crippen LogP contribution >= 0.6 is 0 Å². The summed E-state index contributed by atoms with van der Waals surface area (Å²) in [6.45, 7) is 1.56. The Morgan fingerprint density at radius 2 is 2.00 bits per heavy atom. The number of anilines is 1. The van der Waals surface area contributed by atoms with Gasteiger partial charge in [0.05, 0.1) is 12.8 Å². The van der Waals surface area contributed by atoms with Gasteiger partial charge in [0.15, 0.2) is 5.71 Å². The summed E-state index contributed by atoms with van der Waals surface area (Å²) in [7, 11) is 1.21. The molecule has 108 valence electrons. The number of fused-ring (bicyclic) bond motifs is 1. The third-order valence-corrected chi connectivity index (χ3v) is 3.78. The van der Waals surface area contributed by atoms with Gasteiger partial charge in [0.2, 0.25) is 5.91 Å². The maximum atomic E-state index is 12.6. The number of carbonyl (C=O) groups is 3. The van der Waals surface area contributed by atoms with E-state index in [1.54, 1.807) is 37.3 Å². The van der Waals surface area contributed by atoms with Crippen molar-refractivity contribution in [2.24, 2.45) is 11.0 Å². The second kappa shape index (κ2) is 4.41. The number of benzene rings is 1. The topological polar surface area (TPSA) is 88.1 Å². The molecule has 2 aliphatic rings. The number of imide groups is 1. The number of amides is 2. The number of nitrogens with zero attached hydrogens (tertiary/aromatic N) is 2. The Morgan fingerprint density at radius 1 is 1.33 bits per heavy atom. The average molecular weight is 287 g/mol. The second-order valence-corrected chi connectivity index (χ2v) is 5.05. The molecule has 2 amide bonds. The zero-order chi connectivity index (χ0) is 15.2. The van der Waals surface area contributed by atoms with Crippen molar-refractivity contribution in [2.75, 3.05) is 12.0 Å². The van der Waals surface area contributed by atoms with Crippen LogP contribution in [0.3, 0.4) is 0 Å². The van der Waals surface area contributed by atoms with Gasteiger partial charge in [-0.1, -0.05) is 18.2 Å². The summed E-state index contributed by atoms with van der Waals surface area (Å²) in [5.74, 6) is -2.61. The molecule has 0 radical (unpaired) electrons. The van der Waals surface area contributed by atoms with E-state index in [1.807, 2.05) is 0 Å². The molecule has 0 saturated carbocycles. The maximum absolute atomic E-state index is 12.6. The minimum atomic E-state index is -1.25. The van der Waals surface area contributed by atoms with E-state index in [2.05, 4.69) is 15.3 Å². The van der Waals surface area contributed by atoms with Crippen LogP contribution in [0, 0.1) is 5.92 Å². The van der Waals surface area contributed by atoms with Crippen molar-refractivity contribution in [1.29, 1.82) is 0 Å². The molecule has 0 aromatic heterocycles. The number of nitrogens with one attached hydrogen (secondary N) is 1. The summed E-state index contributed by atoms with van der Waals surface area (Å²) >= 11 is 0. The molecule has 7 heteroatoms. The van der Waals surface area contributed by atoms with Gasteiger partial charge in [-0.3, -0.25) is 15.0 Å². The fraction of sp³-hybridized carbons (Fsp3) is 0.286. The first-order valence-electron chi connectivity index (χ1n) is 6.37. The fourth-order valence-corrected chi connectivity index (χ4v) is 2.67. The van der Waals surface area contributed by atoms with Crippen molar-refractivity contribution in [3.8, 4) is 0 Å². The van der Waals surface area contributed by atoms with Crippen molar-refractivity contribution in [3.05, 3.63) is 30.3 Å². The van der Waals surface area contributed by atoms with Gasteiger partial charge in [-0.05, 0) is 19.1 Å². The zero-order valence-electron chi connectivity index (χ0n) is 11.5. The summed E-state index contributed by atoms with van der Waals surface area (Å²) in [6.07, 6.45) is 0. The van der Waals surface area contributed by atoms with Gasteiger partial charge in [-0.25, -0.2) is 9.69 Å². The number of hydrazone groups is 1. The molecule has 21 heavy (non-hydrogen) atoms. The lowest BCUT2D eigenvalue weighted by atomic mass is 9.86. The van der Waals surface area contributed by atoms with Crippen LogP contribution in [0.5, 0.6) is 0 Å². The monoisotopic (exact) mass is 287 g/mol. The smallest absolute Gasteiger partial charge is 0.355 e. The van der Waals surface area contributed by atoms with Crippen molar-refractivity contribution >= 4 is 29.2 Å². The SMILES string of the molecule is COC(=O)C1=NN[C@@]2(C)C(=O)N(c3ccccc3)C(=O)[C@@H]12. The first kappa shape index (κ1) is 13.3. The first-order chi connectivity index (χ1) is 10.0. The summed E-state index contributed by atoms with van der Waals surface area (Å²) in [5.41, 5.74) is 1.76. The summed E-state index contributed by atoms with van der Waals surface area (Å²) in [4.78, 5) is 38.0. The molecule has 3 rings (SSSR count). The number of carbonyl (C=O) groups excluding carboxylic acids is 3. The van der Waals surface area contributed by atoms with E-state index in [0.29, 0.717) is 5.69 Å². The predicted octanol–water partition coefficient (Wildman–Crippen LogP) is 0.0669. The van der Waals surface area contributed by atoms with E-state index in [4.69, 9.17) is 0 Å². The highest BCUT2D eigenvalue weighted by molar-refractivity contribution is 6.47. The molecule has 2 aliphatic heterocycles. The first-order valence-corrected chi connectivity index (χ1v) is 6.37. The summed E-state index contributed by atoms with van der Waals surface area (Å²) < 4.78 is 4.62. The largest absolute Gasteiger partial charge is 0.464 e. The van der Waals surface area contributed by atoms with Crippen LogP contribution < -0.4 is 10.3 Å². The molecule has 0 aliphatic carbocycles. The zero-order valence-corrected chi connectivity index (χ0v) is 11.5. The number of para-hydroxylation sites is 1. The molecule has 7 nitrogen and oxygen atoms in total. The average Bonchev–Trinajstić information content (AvgIpc) is 2.94. The Hall–Kier alpha value is -2.70. The number of esters is 1. The van der Waals surface area contributed by atoms with Crippen LogP contribution in [-0.4, -0.2) is 36.1 Å². The van der Waals surface area contributed by atoms with Gasteiger partial charge in [0.1, 0.15) is 11.5 Å². The second-order valence-electron chi connectivity index (χ2n) is 5.05. The number of methoxy groups -OCH3 is 1. The normalized spacial score (nSPS) is 27.2. The van der Waals surface area contributed by atoms with E-state index in [0.717, 1.165) is 4.90 Å². The van der Waals surface area contributed by atoms with E-state index in [-0.39, 0.29) is 5.71 Å². The van der Waals surface area contributed by atoms with Crippen molar-refractivity contribution in [1.82, 2.24) is 5.43 Å². The Labute approximate surface area is 120 Å². The molecule has 0 spiro atoms. The fourth-order valence-electron chi connectivity index (χ4n) is 2.67. The molecule has 1 saturated heterocycles. The maximum Gasteiger partial charge on any atom is 0.355 e. The minimum Gasteiger partial charge on any atom is -0.464 e. The Bertz CT molecular complexity index is 670. The third-order valence-electron chi connectivity index (χ3n) is 3.78. The quantitative estimate of drug-likeness (QED) is 0.614. The van der Waals surface area contributed by atoms with E-state index >= 15 is 0 Å². The molecule has 1 aromatic rings. The van der Waals surface area contributed by atoms with Gasteiger partial charge in [0.25, 0.3) is 5.91 Å². The van der Waals surface area contributed by atoms with E-state index < -0.39 is 29.2 Å². The van der Waals surface area contributed by atoms with Crippen molar-refractivity contribution in [2.45, 2.75) is 12.5 Å². The molecule has 1 N–H and O–H groups in total. The standard InChI is InChI=1S/C14H13N3O4/c1-14-9(10(15-16-14)12(19)21-2)11(18)17(13(14)20)8-6-4-3-5-7-8/h3-7,9,16H,1-2H3/t9-,14-/m1/s1. The van der Waals surface area contributed by atoms with Crippen molar-refractivity contribution in [3.63, 3.8) is 0 Å². The molecule has 2 atom stereocenters. The highest BCUT2D eigenvalue weighted by Gasteiger charge is 2.63. The summed E-state index contributed by atoms with van der Waals surface area (Å²) in [5, 5.41) is 3.82. The number of rotatable bonds is 2. The van der Waals surface area contributed by atoms with Crippen LogP contribution in [0.2, 0.25) is 0 Å². The minimum absolute atomic E-state index is 0.0724.